The third-order valence-corrected chi connectivity index (χ3v) is 5.12. The molecule has 0 aromatic heterocycles. The van der Waals surface area contributed by atoms with Gasteiger partial charge in [-0.15, -0.1) is 0 Å². The van der Waals surface area contributed by atoms with Crippen molar-refractivity contribution in [3.63, 3.8) is 0 Å². The van der Waals surface area contributed by atoms with Gasteiger partial charge in [0.2, 0.25) is 0 Å². The molecule has 0 saturated heterocycles. The summed E-state index contributed by atoms with van der Waals surface area (Å²) in [6.45, 7) is 2.68. The molecule has 3 nitrogen and oxygen atoms in total. The average molecular weight is 349 g/mol. The second kappa shape index (κ2) is 6.42. The van der Waals surface area contributed by atoms with Crippen molar-refractivity contribution in [3.05, 3.63) is 63.6 Å². The lowest BCUT2D eigenvalue weighted by Crippen LogP contribution is -2.35. The third-order valence-electron chi connectivity index (χ3n) is 4.30. The van der Waals surface area contributed by atoms with Crippen LogP contribution in [0.4, 0.5) is 10.5 Å². The molecule has 2 aromatic carbocycles. The molecule has 3 rings (SSSR count). The summed E-state index contributed by atoms with van der Waals surface area (Å²) in [5.41, 5.74) is 3.11. The zero-order valence-corrected chi connectivity index (χ0v) is 14.3. The van der Waals surface area contributed by atoms with Gasteiger partial charge in [0, 0.05) is 12.0 Å². The number of rotatable bonds is 4. The topological polar surface area (TPSA) is 41.1 Å². The number of anilines is 1. The Bertz CT molecular complexity index is 724. The Balaban J connectivity index is 1.61. The number of benzene rings is 2. The van der Waals surface area contributed by atoms with E-state index in [9.17, 15) is 4.79 Å². The molecule has 2 amide bonds. The van der Waals surface area contributed by atoms with Crippen LogP contribution in [0.25, 0.3) is 0 Å². The summed E-state index contributed by atoms with van der Waals surface area (Å²) < 4.78 is 0. The Labute approximate surface area is 146 Å². The Morgan fingerprint density at radius 2 is 1.83 bits per heavy atom. The summed E-state index contributed by atoms with van der Waals surface area (Å²) in [6.07, 6.45) is 2.18. The van der Waals surface area contributed by atoms with Crippen molar-refractivity contribution >= 4 is 34.9 Å². The van der Waals surface area contributed by atoms with Gasteiger partial charge in [-0.2, -0.15) is 0 Å². The van der Waals surface area contributed by atoms with Gasteiger partial charge in [-0.1, -0.05) is 59.1 Å². The highest BCUT2D eigenvalue weighted by molar-refractivity contribution is 6.43. The first-order valence-corrected chi connectivity index (χ1v) is 8.32. The van der Waals surface area contributed by atoms with E-state index in [1.54, 1.807) is 18.2 Å². The number of amides is 2. The van der Waals surface area contributed by atoms with Crippen molar-refractivity contribution in [3.8, 4) is 0 Å². The summed E-state index contributed by atoms with van der Waals surface area (Å²) in [7, 11) is 0. The quantitative estimate of drug-likeness (QED) is 0.787. The summed E-state index contributed by atoms with van der Waals surface area (Å²) in [5.74, 6) is 0. The first-order valence-electron chi connectivity index (χ1n) is 7.56. The van der Waals surface area contributed by atoms with Gasteiger partial charge in [0.05, 0.1) is 15.7 Å². The van der Waals surface area contributed by atoms with Crippen LogP contribution in [0.3, 0.4) is 0 Å². The number of carbonyl (C=O) groups excluding carboxylic acids is 1. The molecule has 0 heterocycles. The van der Waals surface area contributed by atoms with Gasteiger partial charge in [-0.25, -0.2) is 4.79 Å². The SMILES string of the molecule is Cc1ccc(C2(CNC(=O)Nc3cccc(Cl)c3Cl)CC2)cc1. The lowest BCUT2D eigenvalue weighted by Gasteiger charge is -2.17. The number of carbonyl (C=O) groups is 1. The van der Waals surface area contributed by atoms with E-state index in [0.29, 0.717) is 22.3 Å². The summed E-state index contributed by atoms with van der Waals surface area (Å²) in [6, 6.07) is 13.4. The van der Waals surface area contributed by atoms with Crippen LogP contribution >= 0.6 is 23.2 Å². The van der Waals surface area contributed by atoms with Gasteiger partial charge in [0.1, 0.15) is 0 Å². The first kappa shape index (κ1) is 16.2. The molecule has 1 fully saturated rings. The fraction of sp³-hybridized carbons (Fsp3) is 0.278. The van der Waals surface area contributed by atoms with Crippen LogP contribution in [0.1, 0.15) is 24.0 Å². The van der Waals surface area contributed by atoms with Crippen molar-refractivity contribution in [1.29, 1.82) is 0 Å². The molecule has 0 spiro atoms. The fourth-order valence-corrected chi connectivity index (χ4v) is 2.99. The molecule has 1 aliphatic carbocycles. The molecule has 1 saturated carbocycles. The maximum atomic E-state index is 12.1. The number of hydrogen-bond donors (Lipinski definition) is 2. The fourth-order valence-electron chi connectivity index (χ4n) is 2.64. The molecule has 0 unspecified atom stereocenters. The highest BCUT2D eigenvalue weighted by Crippen LogP contribution is 2.47. The zero-order valence-electron chi connectivity index (χ0n) is 12.8. The third kappa shape index (κ3) is 3.62. The second-order valence-corrected chi connectivity index (χ2v) is 6.84. The maximum absolute atomic E-state index is 12.1. The molecular formula is C18H18Cl2N2O. The standard InChI is InChI=1S/C18H18Cl2N2O/c1-12-5-7-13(8-6-12)18(9-10-18)11-21-17(23)22-15-4-2-3-14(19)16(15)20/h2-8H,9-11H2,1H3,(H2,21,22,23). The minimum atomic E-state index is -0.271. The van der Waals surface area contributed by atoms with E-state index in [-0.39, 0.29) is 11.4 Å². The summed E-state index contributed by atoms with van der Waals surface area (Å²) in [4.78, 5) is 12.1. The molecule has 23 heavy (non-hydrogen) atoms. The van der Waals surface area contributed by atoms with Crippen LogP contribution in [0.15, 0.2) is 42.5 Å². The molecule has 0 atom stereocenters. The van der Waals surface area contributed by atoms with Crippen LogP contribution in [0.5, 0.6) is 0 Å². The van der Waals surface area contributed by atoms with Gasteiger partial charge < -0.3 is 10.6 Å². The van der Waals surface area contributed by atoms with Gasteiger partial charge >= 0.3 is 6.03 Å². The molecule has 1 aliphatic rings. The number of urea groups is 1. The minimum Gasteiger partial charge on any atom is -0.337 e. The summed E-state index contributed by atoms with van der Waals surface area (Å²) >= 11 is 12.0. The van der Waals surface area contributed by atoms with Crippen molar-refractivity contribution in [2.45, 2.75) is 25.2 Å². The Morgan fingerprint density at radius 3 is 2.48 bits per heavy atom. The summed E-state index contributed by atoms with van der Waals surface area (Å²) in [5, 5.41) is 6.46. The zero-order chi connectivity index (χ0) is 16.4. The van der Waals surface area contributed by atoms with E-state index in [1.165, 1.54) is 11.1 Å². The Hall–Kier alpha value is -1.71. The predicted molar refractivity (Wildman–Crippen MR) is 95.6 cm³/mol. The molecule has 5 heteroatoms. The Kier molecular flexibility index (Phi) is 4.51. The van der Waals surface area contributed by atoms with Crippen LogP contribution in [-0.2, 0) is 5.41 Å². The van der Waals surface area contributed by atoms with Crippen LogP contribution < -0.4 is 10.6 Å². The normalized spacial score (nSPS) is 15.1. The number of aryl methyl sites for hydroxylation is 1. The molecule has 2 N–H and O–H groups in total. The lowest BCUT2D eigenvalue weighted by molar-refractivity contribution is 0.251. The highest BCUT2D eigenvalue weighted by Gasteiger charge is 2.44. The predicted octanol–water partition coefficient (Wildman–Crippen LogP) is 5.16. The molecule has 0 radical (unpaired) electrons. The van der Waals surface area contributed by atoms with Gasteiger partial charge in [0.25, 0.3) is 0 Å². The van der Waals surface area contributed by atoms with Crippen LogP contribution in [0, 0.1) is 6.92 Å². The number of nitrogens with one attached hydrogen (secondary N) is 2. The number of hydrogen-bond acceptors (Lipinski definition) is 1. The lowest BCUT2D eigenvalue weighted by atomic mass is 9.95. The van der Waals surface area contributed by atoms with Gasteiger partial charge in [0.15, 0.2) is 0 Å². The van der Waals surface area contributed by atoms with Crippen LogP contribution in [0.2, 0.25) is 10.0 Å². The van der Waals surface area contributed by atoms with Crippen molar-refractivity contribution < 1.29 is 4.79 Å². The van der Waals surface area contributed by atoms with E-state index >= 15 is 0 Å². The maximum Gasteiger partial charge on any atom is 0.319 e. The van der Waals surface area contributed by atoms with E-state index < -0.39 is 0 Å². The average Bonchev–Trinajstić information content (AvgIpc) is 3.32. The van der Waals surface area contributed by atoms with E-state index in [0.717, 1.165) is 12.8 Å². The van der Waals surface area contributed by atoms with Crippen molar-refractivity contribution in [2.24, 2.45) is 0 Å². The number of halogens is 2. The molecular weight excluding hydrogens is 331 g/mol. The smallest absolute Gasteiger partial charge is 0.319 e. The van der Waals surface area contributed by atoms with Crippen molar-refractivity contribution in [2.75, 3.05) is 11.9 Å². The highest BCUT2D eigenvalue weighted by atomic mass is 35.5. The largest absolute Gasteiger partial charge is 0.337 e. The molecule has 0 aliphatic heterocycles. The molecule has 2 aromatic rings. The van der Waals surface area contributed by atoms with Gasteiger partial charge in [-0.05, 0) is 37.5 Å². The molecule has 0 bridgehead atoms. The van der Waals surface area contributed by atoms with E-state index in [1.807, 2.05) is 0 Å². The minimum absolute atomic E-state index is 0.0726. The van der Waals surface area contributed by atoms with E-state index in [4.69, 9.17) is 23.2 Å². The second-order valence-electron chi connectivity index (χ2n) is 6.06. The van der Waals surface area contributed by atoms with E-state index in [2.05, 4.69) is 41.8 Å². The van der Waals surface area contributed by atoms with Gasteiger partial charge in [-0.3, -0.25) is 0 Å². The monoisotopic (exact) mass is 348 g/mol. The van der Waals surface area contributed by atoms with Crippen molar-refractivity contribution in [1.82, 2.24) is 5.32 Å². The molecule has 120 valence electrons. The Morgan fingerprint density at radius 1 is 1.13 bits per heavy atom. The van der Waals surface area contributed by atoms with Crippen LogP contribution in [-0.4, -0.2) is 12.6 Å². The first-order chi connectivity index (χ1) is 11.0.